The Hall–Kier alpha value is -4.31. The van der Waals surface area contributed by atoms with Crippen molar-refractivity contribution in [1.29, 1.82) is 0 Å². The molecule has 0 saturated carbocycles. The number of piperidine rings is 1. The van der Waals surface area contributed by atoms with Crippen LogP contribution >= 0.6 is 0 Å². The molecule has 0 bridgehead atoms. The van der Waals surface area contributed by atoms with Gasteiger partial charge in [0, 0.05) is 54.4 Å². The van der Waals surface area contributed by atoms with E-state index in [2.05, 4.69) is 26.5 Å². The summed E-state index contributed by atoms with van der Waals surface area (Å²) in [4.78, 5) is 47.4. The molecule has 1 aliphatic rings. The normalized spacial score (nSPS) is 15.7. The highest BCUT2D eigenvalue weighted by Gasteiger charge is 2.26. The summed E-state index contributed by atoms with van der Waals surface area (Å²) in [6.45, 7) is 6.97. The third kappa shape index (κ3) is 3.49. The molecule has 5 aromatic rings. The van der Waals surface area contributed by atoms with E-state index in [-0.39, 0.29) is 6.04 Å². The van der Waals surface area contributed by atoms with Gasteiger partial charge in [-0.15, -0.1) is 0 Å². The van der Waals surface area contributed by atoms with Gasteiger partial charge in [0.15, 0.2) is 0 Å². The van der Waals surface area contributed by atoms with Gasteiger partial charge in [0.05, 0.1) is 28.2 Å². The summed E-state index contributed by atoms with van der Waals surface area (Å²) < 4.78 is 1.66. The molecular formula is C26H25N7O3. The molecule has 6 heterocycles. The standard InChI is InChI=1S/C26H25N7O3/c1-14(15(2)34)32-10-7-16(8-11-32)33-23-19(25(35)31-26(33)36)13-28-21-6-5-20(30-22(21)23)18-12-29-24-17(18)4-3-9-27-24/h3-6,9,12-13,15-16,34H,1,7-8,10-11H2,2H3,(H,27,29)(H,31,35,36)/t15-/m0/s1. The highest BCUT2D eigenvalue weighted by atomic mass is 16.3. The number of aromatic amines is 2. The largest absolute Gasteiger partial charge is 0.387 e. The molecule has 0 spiro atoms. The van der Waals surface area contributed by atoms with E-state index in [1.807, 2.05) is 35.4 Å². The third-order valence-corrected chi connectivity index (χ3v) is 7.06. The summed E-state index contributed by atoms with van der Waals surface area (Å²) >= 11 is 0. The van der Waals surface area contributed by atoms with Gasteiger partial charge in [0.25, 0.3) is 5.56 Å². The second-order valence-corrected chi connectivity index (χ2v) is 9.20. The monoisotopic (exact) mass is 483 g/mol. The van der Waals surface area contributed by atoms with E-state index in [4.69, 9.17) is 4.98 Å². The fourth-order valence-electron chi connectivity index (χ4n) is 5.13. The number of aliphatic hydroxyl groups excluding tert-OH is 1. The van der Waals surface area contributed by atoms with Gasteiger partial charge >= 0.3 is 5.69 Å². The lowest BCUT2D eigenvalue weighted by atomic mass is 10.0. The van der Waals surface area contributed by atoms with Crippen molar-refractivity contribution in [1.82, 2.24) is 34.4 Å². The number of nitrogens with one attached hydrogen (secondary N) is 2. The fraction of sp³-hybridized carbons (Fsp3) is 0.269. The van der Waals surface area contributed by atoms with Crippen molar-refractivity contribution >= 4 is 33.0 Å². The van der Waals surface area contributed by atoms with E-state index in [0.717, 1.165) is 16.6 Å². The first-order valence-corrected chi connectivity index (χ1v) is 11.9. The Labute approximate surface area is 205 Å². The van der Waals surface area contributed by atoms with Gasteiger partial charge in [-0.1, -0.05) is 6.58 Å². The first kappa shape index (κ1) is 22.2. The second-order valence-electron chi connectivity index (χ2n) is 9.20. The molecule has 6 rings (SSSR count). The minimum Gasteiger partial charge on any atom is -0.387 e. The summed E-state index contributed by atoms with van der Waals surface area (Å²) in [7, 11) is 0. The van der Waals surface area contributed by atoms with Crippen molar-refractivity contribution < 1.29 is 5.11 Å². The smallest absolute Gasteiger partial charge is 0.329 e. The Morgan fingerprint density at radius 1 is 1.17 bits per heavy atom. The number of H-pyrrole nitrogens is 2. The van der Waals surface area contributed by atoms with Crippen LogP contribution in [0.15, 0.2) is 64.7 Å². The Bertz CT molecular complexity index is 1760. The van der Waals surface area contributed by atoms with Crippen LogP contribution in [0.1, 0.15) is 25.8 Å². The third-order valence-electron chi connectivity index (χ3n) is 7.06. The van der Waals surface area contributed by atoms with Gasteiger partial charge in [0.1, 0.15) is 11.2 Å². The molecule has 1 saturated heterocycles. The van der Waals surface area contributed by atoms with Crippen molar-refractivity contribution in [3.63, 3.8) is 0 Å². The number of likely N-dealkylation sites (tertiary alicyclic amines) is 1. The minimum atomic E-state index is -0.629. The van der Waals surface area contributed by atoms with Gasteiger partial charge in [0.2, 0.25) is 0 Å². The average molecular weight is 484 g/mol. The molecule has 10 heteroatoms. The molecule has 1 fully saturated rings. The summed E-state index contributed by atoms with van der Waals surface area (Å²) in [5.74, 6) is 0. The van der Waals surface area contributed by atoms with Gasteiger partial charge in [-0.3, -0.25) is 19.3 Å². The molecule has 182 valence electrons. The van der Waals surface area contributed by atoms with Gasteiger partial charge in [-0.2, -0.15) is 0 Å². The molecule has 10 nitrogen and oxygen atoms in total. The highest BCUT2D eigenvalue weighted by molar-refractivity contribution is 6.02. The topological polar surface area (TPSA) is 133 Å². The number of aromatic nitrogens is 6. The van der Waals surface area contributed by atoms with E-state index < -0.39 is 17.4 Å². The maximum absolute atomic E-state index is 13.2. The van der Waals surface area contributed by atoms with Gasteiger partial charge < -0.3 is 15.0 Å². The summed E-state index contributed by atoms with van der Waals surface area (Å²) in [6.07, 6.45) is 5.77. The Balaban J connectivity index is 1.53. The van der Waals surface area contributed by atoms with Crippen molar-refractivity contribution in [2.75, 3.05) is 13.1 Å². The van der Waals surface area contributed by atoms with Gasteiger partial charge in [-0.25, -0.2) is 14.8 Å². The van der Waals surface area contributed by atoms with Crippen LogP contribution in [0.3, 0.4) is 0 Å². The molecule has 0 amide bonds. The van der Waals surface area contributed by atoms with Crippen LogP contribution in [0, 0.1) is 0 Å². The van der Waals surface area contributed by atoms with Crippen molar-refractivity contribution in [3.8, 4) is 11.3 Å². The van der Waals surface area contributed by atoms with E-state index in [9.17, 15) is 14.7 Å². The Morgan fingerprint density at radius 3 is 2.75 bits per heavy atom. The minimum absolute atomic E-state index is 0.150. The first-order chi connectivity index (χ1) is 17.4. The lowest BCUT2D eigenvalue weighted by molar-refractivity contribution is 0.151. The van der Waals surface area contributed by atoms with Crippen LogP contribution in [-0.2, 0) is 0 Å². The number of nitrogens with zero attached hydrogens (tertiary/aromatic N) is 5. The quantitative estimate of drug-likeness (QED) is 0.335. The molecular weight excluding hydrogens is 458 g/mol. The molecule has 1 atom stereocenters. The van der Waals surface area contributed by atoms with Crippen molar-refractivity contribution in [2.24, 2.45) is 0 Å². The molecule has 0 unspecified atom stereocenters. The molecule has 0 aromatic carbocycles. The Kier molecular flexibility index (Phi) is 5.18. The van der Waals surface area contributed by atoms with Crippen LogP contribution in [0.25, 0.3) is 44.2 Å². The van der Waals surface area contributed by atoms with E-state index in [1.165, 1.54) is 6.20 Å². The number of aliphatic hydroxyl groups is 1. The molecule has 36 heavy (non-hydrogen) atoms. The molecule has 1 aliphatic heterocycles. The van der Waals surface area contributed by atoms with E-state index >= 15 is 0 Å². The average Bonchev–Trinajstić information content (AvgIpc) is 3.32. The van der Waals surface area contributed by atoms with E-state index in [1.54, 1.807) is 17.7 Å². The molecule has 5 aromatic heterocycles. The molecule has 0 radical (unpaired) electrons. The Morgan fingerprint density at radius 2 is 1.97 bits per heavy atom. The number of hydrogen-bond donors (Lipinski definition) is 3. The zero-order chi connectivity index (χ0) is 25.0. The number of fused-ring (bicyclic) bond motifs is 4. The maximum atomic E-state index is 13.2. The van der Waals surface area contributed by atoms with Crippen molar-refractivity contribution in [2.45, 2.75) is 31.9 Å². The second kappa shape index (κ2) is 8.42. The lowest BCUT2D eigenvalue weighted by Crippen LogP contribution is -2.40. The van der Waals surface area contributed by atoms with E-state index in [0.29, 0.717) is 59.3 Å². The SMILES string of the molecule is C=C([C@H](C)O)N1CCC(n2c(=O)[nH]c(=O)c3cnc4ccc(-c5c[nH]c6ncccc56)nc4c32)CC1. The number of rotatable bonds is 4. The van der Waals surface area contributed by atoms with Crippen molar-refractivity contribution in [3.05, 3.63) is 76.0 Å². The maximum Gasteiger partial charge on any atom is 0.329 e. The summed E-state index contributed by atoms with van der Waals surface area (Å²) in [5, 5.41) is 11.2. The van der Waals surface area contributed by atoms with Crippen LogP contribution in [0.2, 0.25) is 0 Å². The lowest BCUT2D eigenvalue weighted by Gasteiger charge is -2.36. The summed E-state index contributed by atoms with van der Waals surface area (Å²) in [5.41, 5.74) is 3.64. The zero-order valence-corrected chi connectivity index (χ0v) is 19.7. The van der Waals surface area contributed by atoms with Crippen LogP contribution < -0.4 is 11.2 Å². The van der Waals surface area contributed by atoms with Crippen LogP contribution in [-0.4, -0.2) is 58.7 Å². The zero-order valence-electron chi connectivity index (χ0n) is 19.7. The fourth-order valence-corrected chi connectivity index (χ4v) is 5.13. The molecule has 0 aliphatic carbocycles. The van der Waals surface area contributed by atoms with Crippen LogP contribution in [0.5, 0.6) is 0 Å². The predicted molar refractivity (Wildman–Crippen MR) is 138 cm³/mol. The van der Waals surface area contributed by atoms with Crippen LogP contribution in [0.4, 0.5) is 0 Å². The number of hydrogen-bond acceptors (Lipinski definition) is 7. The summed E-state index contributed by atoms with van der Waals surface area (Å²) in [6, 6.07) is 7.43. The van der Waals surface area contributed by atoms with Gasteiger partial charge in [-0.05, 0) is 44.0 Å². The number of pyridine rings is 3. The predicted octanol–water partition coefficient (Wildman–Crippen LogP) is 2.71. The molecule has 3 N–H and O–H groups in total. The highest BCUT2D eigenvalue weighted by Crippen LogP contribution is 2.31. The first-order valence-electron chi connectivity index (χ1n) is 11.9.